The van der Waals surface area contributed by atoms with Crippen LogP contribution in [0.25, 0.3) is 0 Å². The van der Waals surface area contributed by atoms with Crippen LogP contribution in [0.5, 0.6) is 0 Å². The highest BCUT2D eigenvalue weighted by atomic mass is 16.5. The summed E-state index contributed by atoms with van der Waals surface area (Å²) in [7, 11) is 0. The first kappa shape index (κ1) is 16.0. The van der Waals surface area contributed by atoms with Gasteiger partial charge in [0.15, 0.2) is 5.82 Å². The van der Waals surface area contributed by atoms with Crippen molar-refractivity contribution in [3.05, 3.63) is 42.4 Å². The van der Waals surface area contributed by atoms with E-state index in [1.807, 2.05) is 31.2 Å². The lowest BCUT2D eigenvalue weighted by atomic mass is 9.82. The third-order valence-electron chi connectivity index (χ3n) is 5.01. The molecular weight excluding hydrogens is 318 g/mol. The van der Waals surface area contributed by atoms with Crippen LogP contribution in [0.4, 0.5) is 11.5 Å². The molecule has 2 aromatic heterocycles. The number of anilines is 2. The number of pyridine rings is 1. The van der Waals surface area contributed by atoms with E-state index in [9.17, 15) is 4.79 Å². The van der Waals surface area contributed by atoms with E-state index in [0.29, 0.717) is 24.8 Å². The van der Waals surface area contributed by atoms with Crippen molar-refractivity contribution in [1.29, 1.82) is 0 Å². The second-order valence-electron chi connectivity index (χ2n) is 6.74. The molecule has 0 aliphatic carbocycles. The van der Waals surface area contributed by atoms with Crippen LogP contribution in [0.1, 0.15) is 5.69 Å². The summed E-state index contributed by atoms with van der Waals surface area (Å²) in [6.45, 7) is 4.72. The van der Waals surface area contributed by atoms with Gasteiger partial charge < -0.3 is 15.0 Å². The smallest absolute Gasteiger partial charge is 0.230 e. The highest BCUT2D eigenvalue weighted by Gasteiger charge is 2.44. The van der Waals surface area contributed by atoms with Gasteiger partial charge in [-0.15, -0.1) is 5.10 Å². The predicted molar refractivity (Wildman–Crippen MR) is 93.1 cm³/mol. The molecule has 130 valence electrons. The summed E-state index contributed by atoms with van der Waals surface area (Å²) in [5.74, 6) is 1.29. The number of aromatic nitrogens is 3. The van der Waals surface area contributed by atoms with Crippen LogP contribution in [0.3, 0.4) is 0 Å². The number of carbonyl (C=O) groups is 1. The molecule has 0 spiro atoms. The Morgan fingerprint density at radius 1 is 1.24 bits per heavy atom. The van der Waals surface area contributed by atoms with E-state index >= 15 is 0 Å². The molecule has 0 radical (unpaired) electrons. The Labute approximate surface area is 146 Å². The molecule has 2 aromatic rings. The number of rotatable bonds is 3. The topological polar surface area (TPSA) is 80.2 Å². The molecule has 0 saturated carbocycles. The lowest BCUT2D eigenvalue weighted by molar-refractivity contribution is -0.128. The molecule has 1 N–H and O–H groups in total. The lowest BCUT2D eigenvalue weighted by Crippen LogP contribution is -2.41. The minimum atomic E-state index is -0.164. The zero-order valence-corrected chi connectivity index (χ0v) is 14.1. The van der Waals surface area contributed by atoms with Crippen molar-refractivity contribution in [3.8, 4) is 0 Å². The maximum atomic E-state index is 12.7. The van der Waals surface area contributed by atoms with Gasteiger partial charge in [-0.05, 0) is 37.1 Å². The van der Waals surface area contributed by atoms with E-state index in [0.717, 1.165) is 24.6 Å². The highest BCUT2D eigenvalue weighted by molar-refractivity contribution is 5.92. The summed E-state index contributed by atoms with van der Waals surface area (Å²) >= 11 is 0. The van der Waals surface area contributed by atoms with Gasteiger partial charge in [0.1, 0.15) is 0 Å². The number of ether oxygens (including phenoxy) is 1. The van der Waals surface area contributed by atoms with Gasteiger partial charge in [0.2, 0.25) is 5.91 Å². The molecule has 2 aliphatic heterocycles. The Bertz CT molecular complexity index is 737. The molecule has 4 rings (SSSR count). The summed E-state index contributed by atoms with van der Waals surface area (Å²) in [6.07, 6.45) is 3.34. The van der Waals surface area contributed by atoms with Crippen LogP contribution in [0.15, 0.2) is 36.7 Å². The first-order chi connectivity index (χ1) is 12.2. The molecular formula is C18H21N5O2. The van der Waals surface area contributed by atoms with E-state index in [-0.39, 0.29) is 17.7 Å². The number of carbonyl (C=O) groups excluding carboxylic acids is 1. The molecule has 0 unspecified atom stereocenters. The number of nitrogens with zero attached hydrogens (tertiary/aromatic N) is 4. The minimum absolute atomic E-state index is 0.000426. The maximum absolute atomic E-state index is 12.7. The predicted octanol–water partition coefficient (Wildman–Crippen LogP) is 1.52. The van der Waals surface area contributed by atoms with Crippen molar-refractivity contribution in [2.75, 3.05) is 36.5 Å². The zero-order valence-electron chi connectivity index (χ0n) is 14.1. The molecule has 3 atom stereocenters. The first-order valence-electron chi connectivity index (χ1n) is 8.54. The molecule has 2 saturated heterocycles. The molecule has 0 bridgehead atoms. The number of hydrogen-bond acceptors (Lipinski definition) is 6. The SMILES string of the molecule is Cc1ccc(N2C[C@@H]3COC[C@H](C(=O)Nc4cccnc4)[C@@H]3C2)nn1. The summed E-state index contributed by atoms with van der Waals surface area (Å²) in [4.78, 5) is 19.0. The molecule has 0 aromatic carbocycles. The summed E-state index contributed by atoms with van der Waals surface area (Å²) in [6, 6.07) is 7.61. The highest BCUT2D eigenvalue weighted by Crippen LogP contribution is 2.36. The van der Waals surface area contributed by atoms with E-state index < -0.39 is 0 Å². The second kappa shape index (κ2) is 6.76. The number of aryl methyl sites for hydroxylation is 1. The van der Waals surface area contributed by atoms with Gasteiger partial charge in [-0.1, -0.05) is 0 Å². The van der Waals surface area contributed by atoms with Gasteiger partial charge in [0, 0.05) is 25.2 Å². The quantitative estimate of drug-likeness (QED) is 0.913. The summed E-state index contributed by atoms with van der Waals surface area (Å²) in [5, 5.41) is 11.4. The third-order valence-corrected chi connectivity index (χ3v) is 5.01. The van der Waals surface area contributed by atoms with Gasteiger partial charge in [-0.3, -0.25) is 9.78 Å². The first-order valence-corrected chi connectivity index (χ1v) is 8.54. The van der Waals surface area contributed by atoms with Crippen LogP contribution in [-0.4, -0.2) is 47.4 Å². The molecule has 25 heavy (non-hydrogen) atoms. The van der Waals surface area contributed by atoms with Crippen LogP contribution in [0, 0.1) is 24.7 Å². The van der Waals surface area contributed by atoms with Crippen LogP contribution < -0.4 is 10.2 Å². The Kier molecular flexibility index (Phi) is 4.31. The van der Waals surface area contributed by atoms with Crippen molar-refractivity contribution in [2.24, 2.45) is 17.8 Å². The monoisotopic (exact) mass is 339 g/mol. The third kappa shape index (κ3) is 3.32. The number of hydrogen-bond donors (Lipinski definition) is 1. The standard InChI is InChI=1S/C18H21N5O2/c1-12-4-5-17(22-21-12)23-8-13-10-25-11-16(15(13)9-23)18(24)20-14-3-2-6-19-7-14/h2-7,13,15-16H,8-11H2,1H3,(H,20,24)/t13-,15-,16+/m1/s1. The largest absolute Gasteiger partial charge is 0.380 e. The zero-order chi connectivity index (χ0) is 17.2. The fourth-order valence-electron chi connectivity index (χ4n) is 3.69. The van der Waals surface area contributed by atoms with Crippen molar-refractivity contribution in [1.82, 2.24) is 15.2 Å². The Morgan fingerprint density at radius 3 is 2.92 bits per heavy atom. The fourth-order valence-corrected chi connectivity index (χ4v) is 3.69. The van der Waals surface area contributed by atoms with Crippen LogP contribution in [-0.2, 0) is 9.53 Å². The van der Waals surface area contributed by atoms with Crippen LogP contribution in [0.2, 0.25) is 0 Å². The Morgan fingerprint density at radius 2 is 2.16 bits per heavy atom. The Hall–Kier alpha value is -2.54. The fraction of sp³-hybridized carbons (Fsp3) is 0.444. The van der Waals surface area contributed by atoms with Crippen molar-refractivity contribution >= 4 is 17.4 Å². The molecule has 2 fully saturated rings. The lowest BCUT2D eigenvalue weighted by Gasteiger charge is -2.31. The normalized spacial score (nSPS) is 25.5. The van der Waals surface area contributed by atoms with Crippen LogP contribution >= 0.6 is 0 Å². The summed E-state index contributed by atoms with van der Waals surface area (Å²) in [5.41, 5.74) is 1.62. The van der Waals surface area contributed by atoms with Gasteiger partial charge in [-0.2, -0.15) is 5.10 Å². The molecule has 4 heterocycles. The number of amides is 1. The number of fused-ring (bicyclic) bond motifs is 1. The molecule has 2 aliphatic rings. The van der Waals surface area contributed by atoms with Crippen molar-refractivity contribution < 1.29 is 9.53 Å². The van der Waals surface area contributed by atoms with E-state index in [2.05, 4.69) is 25.4 Å². The van der Waals surface area contributed by atoms with Crippen molar-refractivity contribution in [2.45, 2.75) is 6.92 Å². The average molecular weight is 339 g/mol. The van der Waals surface area contributed by atoms with Gasteiger partial charge in [-0.25, -0.2) is 0 Å². The van der Waals surface area contributed by atoms with Gasteiger partial charge in [0.05, 0.1) is 36.7 Å². The molecule has 7 nitrogen and oxygen atoms in total. The maximum Gasteiger partial charge on any atom is 0.230 e. The van der Waals surface area contributed by atoms with Crippen molar-refractivity contribution in [3.63, 3.8) is 0 Å². The number of nitrogens with one attached hydrogen (secondary N) is 1. The van der Waals surface area contributed by atoms with Gasteiger partial charge >= 0.3 is 0 Å². The van der Waals surface area contributed by atoms with E-state index in [4.69, 9.17) is 4.74 Å². The second-order valence-corrected chi connectivity index (χ2v) is 6.74. The molecule has 1 amide bonds. The molecule has 7 heteroatoms. The van der Waals surface area contributed by atoms with E-state index in [1.165, 1.54) is 0 Å². The van der Waals surface area contributed by atoms with E-state index in [1.54, 1.807) is 12.4 Å². The minimum Gasteiger partial charge on any atom is -0.380 e. The van der Waals surface area contributed by atoms with Gasteiger partial charge in [0.25, 0.3) is 0 Å². The Balaban J connectivity index is 1.47. The summed E-state index contributed by atoms with van der Waals surface area (Å²) < 4.78 is 5.72. The average Bonchev–Trinajstić information content (AvgIpc) is 3.07.